The zero-order chi connectivity index (χ0) is 3.54. The van der Waals surface area contributed by atoms with Gasteiger partial charge in [-0.25, -0.2) is 0 Å². The van der Waals surface area contributed by atoms with Crippen molar-refractivity contribution < 1.29 is 26.2 Å². The molecule has 0 fully saturated rings. The summed E-state index contributed by atoms with van der Waals surface area (Å²) in [6, 6.07) is 0. The molecule has 0 aromatic carbocycles. The fraction of sp³-hybridized carbons (Fsp3) is 0.143. The van der Waals surface area contributed by atoms with Gasteiger partial charge >= 0.3 is 26.2 Å². The van der Waals surface area contributed by atoms with Gasteiger partial charge in [0.2, 0.25) is 0 Å². The van der Waals surface area contributed by atoms with Crippen LogP contribution in [0.5, 0.6) is 0 Å². The Morgan fingerprint density at radius 3 is 1.38 bits per heavy atom. The van der Waals surface area contributed by atoms with Crippen molar-refractivity contribution in [1.82, 2.24) is 0 Å². The molecule has 44 valence electrons. The van der Waals surface area contributed by atoms with Gasteiger partial charge in [0.05, 0.1) is 0 Å². The van der Waals surface area contributed by atoms with Gasteiger partial charge in [-0.05, 0) is 6.42 Å². The Kier molecular flexibility index (Phi) is 20.4. The first-order chi connectivity index (χ1) is 2.50. The van der Waals surface area contributed by atoms with Crippen molar-refractivity contribution in [2.24, 2.45) is 0 Å². The molecule has 0 aliphatic heterocycles. The standard InChI is InChI=1S/C5H6.2CH3.Zr/c1-2-4-5-3-1;;;/h1-4H,5H2;2*1H3;/q;2*-1;+2. The van der Waals surface area contributed by atoms with Crippen LogP contribution in [0.2, 0.25) is 0 Å². The number of allylic oxidation sites excluding steroid dienone is 4. The third-order valence-electron chi connectivity index (χ3n) is 0.655. The zero-order valence-electron chi connectivity index (χ0n) is 5.52. The minimum Gasteiger partial charge on any atom is -0.358 e. The third kappa shape index (κ3) is 6.36. The summed E-state index contributed by atoms with van der Waals surface area (Å²) in [4.78, 5) is 0. The summed E-state index contributed by atoms with van der Waals surface area (Å²) in [7, 11) is 0. The van der Waals surface area contributed by atoms with E-state index in [-0.39, 0.29) is 41.1 Å². The van der Waals surface area contributed by atoms with E-state index in [9.17, 15) is 0 Å². The Bertz CT molecular complexity index is 62.5. The molecule has 0 radical (unpaired) electrons. The normalized spacial score (nSPS) is 11.0. The Labute approximate surface area is 71.8 Å². The van der Waals surface area contributed by atoms with E-state index in [1.807, 2.05) is 0 Å². The number of rotatable bonds is 0. The van der Waals surface area contributed by atoms with Crippen LogP contribution in [0.1, 0.15) is 6.42 Å². The van der Waals surface area contributed by atoms with Crippen LogP contribution in [0.3, 0.4) is 0 Å². The molecule has 0 heterocycles. The van der Waals surface area contributed by atoms with E-state index in [1.165, 1.54) is 0 Å². The summed E-state index contributed by atoms with van der Waals surface area (Å²) in [6.45, 7) is 0. The quantitative estimate of drug-likeness (QED) is 0.511. The predicted molar refractivity (Wildman–Crippen MR) is 35.7 cm³/mol. The molecule has 0 saturated heterocycles. The topological polar surface area (TPSA) is 0 Å². The molecule has 1 aliphatic rings. The molecule has 0 nitrogen and oxygen atoms in total. The fourth-order valence-electron chi connectivity index (χ4n) is 0.393. The van der Waals surface area contributed by atoms with Crippen molar-refractivity contribution >= 4 is 0 Å². The average molecular weight is 187 g/mol. The Balaban J connectivity index is -0.0000000833. The van der Waals surface area contributed by atoms with Crippen molar-refractivity contribution in [1.29, 1.82) is 0 Å². The van der Waals surface area contributed by atoms with Crippen LogP contribution in [0.15, 0.2) is 24.3 Å². The molecule has 0 unspecified atom stereocenters. The molecule has 0 spiro atoms. The molecule has 0 atom stereocenters. The van der Waals surface area contributed by atoms with Crippen molar-refractivity contribution in [3.63, 3.8) is 0 Å². The van der Waals surface area contributed by atoms with Gasteiger partial charge in [0.15, 0.2) is 0 Å². The molecular weight excluding hydrogens is 175 g/mol. The molecule has 0 bridgehead atoms. The van der Waals surface area contributed by atoms with Gasteiger partial charge in [-0.3, -0.25) is 0 Å². The maximum Gasteiger partial charge on any atom is 2.00 e. The van der Waals surface area contributed by atoms with Crippen molar-refractivity contribution in [3.8, 4) is 0 Å². The minimum absolute atomic E-state index is 0. The molecule has 0 N–H and O–H groups in total. The van der Waals surface area contributed by atoms with Gasteiger partial charge in [0.25, 0.3) is 0 Å². The van der Waals surface area contributed by atoms with Crippen LogP contribution in [-0.4, -0.2) is 0 Å². The molecule has 0 amide bonds. The van der Waals surface area contributed by atoms with E-state index in [0.29, 0.717) is 0 Å². The molecule has 8 heavy (non-hydrogen) atoms. The van der Waals surface area contributed by atoms with Gasteiger partial charge in [-0.15, -0.1) is 0 Å². The number of hydrogen-bond donors (Lipinski definition) is 0. The molecule has 1 rings (SSSR count). The molecule has 0 aromatic rings. The van der Waals surface area contributed by atoms with E-state index in [2.05, 4.69) is 24.3 Å². The summed E-state index contributed by atoms with van der Waals surface area (Å²) in [5.41, 5.74) is 0. The molecule has 1 aliphatic carbocycles. The first kappa shape index (κ1) is 15.8. The van der Waals surface area contributed by atoms with Crippen molar-refractivity contribution in [2.45, 2.75) is 6.42 Å². The van der Waals surface area contributed by atoms with Gasteiger partial charge in [-0.1, -0.05) is 24.3 Å². The summed E-state index contributed by atoms with van der Waals surface area (Å²) < 4.78 is 0. The summed E-state index contributed by atoms with van der Waals surface area (Å²) in [5.74, 6) is 0. The van der Waals surface area contributed by atoms with E-state index in [1.54, 1.807) is 0 Å². The summed E-state index contributed by atoms with van der Waals surface area (Å²) in [6.07, 6.45) is 9.50. The van der Waals surface area contributed by atoms with Crippen LogP contribution in [0.25, 0.3) is 0 Å². The maximum atomic E-state index is 2.12. The van der Waals surface area contributed by atoms with Crippen LogP contribution in [-0.2, 0) is 26.2 Å². The van der Waals surface area contributed by atoms with Gasteiger partial charge in [0, 0.05) is 0 Å². The first-order valence-electron chi connectivity index (χ1n) is 1.82. The van der Waals surface area contributed by atoms with Crippen LogP contribution in [0.4, 0.5) is 0 Å². The summed E-state index contributed by atoms with van der Waals surface area (Å²) in [5, 5.41) is 0. The van der Waals surface area contributed by atoms with E-state index in [4.69, 9.17) is 0 Å². The molecule has 0 aromatic heterocycles. The molecule has 1 heteroatoms. The smallest absolute Gasteiger partial charge is 0.358 e. The van der Waals surface area contributed by atoms with Crippen molar-refractivity contribution in [2.75, 3.05) is 0 Å². The minimum atomic E-state index is 0. The van der Waals surface area contributed by atoms with Gasteiger partial charge in [0.1, 0.15) is 0 Å². The second-order valence-corrected chi connectivity index (χ2v) is 1.09. The van der Waals surface area contributed by atoms with E-state index < -0.39 is 0 Å². The van der Waals surface area contributed by atoms with Crippen LogP contribution in [0, 0.1) is 14.9 Å². The Hall–Kier alpha value is 0.363. The monoisotopic (exact) mass is 186 g/mol. The second kappa shape index (κ2) is 10.4. The zero-order valence-corrected chi connectivity index (χ0v) is 7.97. The molecular formula is C7H12Zr. The van der Waals surface area contributed by atoms with Crippen LogP contribution < -0.4 is 0 Å². The van der Waals surface area contributed by atoms with E-state index in [0.717, 1.165) is 6.42 Å². The van der Waals surface area contributed by atoms with Crippen LogP contribution >= 0.6 is 0 Å². The Morgan fingerprint density at radius 2 is 1.25 bits per heavy atom. The maximum absolute atomic E-state index is 2.12. The van der Waals surface area contributed by atoms with Gasteiger partial charge < -0.3 is 14.9 Å². The molecule has 0 saturated carbocycles. The van der Waals surface area contributed by atoms with Crippen molar-refractivity contribution in [3.05, 3.63) is 39.2 Å². The first-order valence-corrected chi connectivity index (χ1v) is 1.82. The number of hydrogen-bond acceptors (Lipinski definition) is 0. The second-order valence-electron chi connectivity index (χ2n) is 1.09. The Morgan fingerprint density at radius 1 is 0.875 bits per heavy atom. The van der Waals surface area contributed by atoms with Gasteiger partial charge in [-0.2, -0.15) is 0 Å². The fourth-order valence-corrected chi connectivity index (χ4v) is 0.393. The predicted octanol–water partition coefficient (Wildman–Crippen LogP) is 2.40. The third-order valence-corrected chi connectivity index (χ3v) is 0.655. The summed E-state index contributed by atoms with van der Waals surface area (Å²) >= 11 is 0. The largest absolute Gasteiger partial charge is 2.00 e. The average Bonchev–Trinajstić information content (AvgIpc) is 1.76. The van der Waals surface area contributed by atoms with E-state index >= 15 is 0 Å². The SMILES string of the molecule is C1=CCC=C1.[CH3-].[CH3-].[Zr+2].